The van der Waals surface area contributed by atoms with Crippen LogP contribution in [0.1, 0.15) is 57.9 Å². The van der Waals surface area contributed by atoms with Crippen molar-refractivity contribution in [3.8, 4) is 0 Å². The molecule has 17 heavy (non-hydrogen) atoms. The number of unbranched alkanes of at least 4 members (excludes halogenated alkanes) is 4. The number of aryl methyl sites for hydroxylation is 1. The molecule has 1 aromatic carbocycles. The summed E-state index contributed by atoms with van der Waals surface area (Å²) in [6.45, 7) is 4.61. The van der Waals surface area contributed by atoms with Crippen molar-refractivity contribution in [2.75, 3.05) is 5.73 Å². The van der Waals surface area contributed by atoms with Gasteiger partial charge in [0, 0.05) is 5.69 Å². The van der Waals surface area contributed by atoms with Crippen LogP contribution in [0.4, 0.5) is 5.69 Å². The summed E-state index contributed by atoms with van der Waals surface area (Å²) in [4.78, 5) is 0. The first kappa shape index (κ1) is 14.1. The molecule has 0 bridgehead atoms. The summed E-state index contributed by atoms with van der Waals surface area (Å²) < 4.78 is 0. The van der Waals surface area contributed by atoms with Crippen molar-refractivity contribution in [2.24, 2.45) is 5.92 Å². The van der Waals surface area contributed by atoms with Crippen LogP contribution in [-0.4, -0.2) is 0 Å². The number of rotatable bonds is 8. The highest BCUT2D eigenvalue weighted by Gasteiger charge is 1.96. The molecule has 0 saturated carbocycles. The second kappa shape index (κ2) is 8.16. The van der Waals surface area contributed by atoms with Crippen molar-refractivity contribution in [1.82, 2.24) is 0 Å². The molecular weight excluding hydrogens is 206 g/mol. The van der Waals surface area contributed by atoms with E-state index in [0.717, 1.165) is 11.6 Å². The minimum absolute atomic E-state index is 0.863. The summed E-state index contributed by atoms with van der Waals surface area (Å²) >= 11 is 0. The highest BCUT2D eigenvalue weighted by atomic mass is 14.5. The van der Waals surface area contributed by atoms with Gasteiger partial charge in [0.2, 0.25) is 0 Å². The highest BCUT2D eigenvalue weighted by molar-refractivity contribution is 5.39. The van der Waals surface area contributed by atoms with Gasteiger partial charge in [0.25, 0.3) is 0 Å². The van der Waals surface area contributed by atoms with Crippen LogP contribution in [0.15, 0.2) is 24.3 Å². The van der Waals surface area contributed by atoms with Crippen molar-refractivity contribution in [1.29, 1.82) is 0 Å². The fourth-order valence-corrected chi connectivity index (χ4v) is 2.10. The van der Waals surface area contributed by atoms with Crippen molar-refractivity contribution in [2.45, 2.75) is 58.8 Å². The monoisotopic (exact) mass is 233 g/mol. The van der Waals surface area contributed by atoms with Crippen LogP contribution < -0.4 is 5.73 Å². The van der Waals surface area contributed by atoms with Crippen LogP contribution in [0, 0.1) is 5.92 Å². The molecule has 0 atom stereocenters. The first-order chi connectivity index (χ1) is 8.18. The molecule has 0 spiro atoms. The van der Waals surface area contributed by atoms with E-state index in [1.807, 2.05) is 12.1 Å². The van der Waals surface area contributed by atoms with Gasteiger partial charge in [0.15, 0.2) is 0 Å². The van der Waals surface area contributed by atoms with Crippen molar-refractivity contribution >= 4 is 5.69 Å². The SMILES string of the molecule is CC(C)CCCCCCCc1ccc(N)cc1. The van der Waals surface area contributed by atoms with E-state index in [4.69, 9.17) is 5.73 Å². The highest BCUT2D eigenvalue weighted by Crippen LogP contribution is 2.13. The molecule has 1 nitrogen and oxygen atoms in total. The van der Waals surface area contributed by atoms with Gasteiger partial charge in [-0.3, -0.25) is 0 Å². The summed E-state index contributed by atoms with van der Waals surface area (Å²) in [7, 11) is 0. The summed E-state index contributed by atoms with van der Waals surface area (Å²) in [5.74, 6) is 0.866. The predicted octanol–water partition coefficient (Wildman–Crippen LogP) is 4.81. The van der Waals surface area contributed by atoms with Crippen LogP contribution in [0.3, 0.4) is 0 Å². The Hall–Kier alpha value is -0.980. The molecule has 96 valence electrons. The zero-order valence-electron chi connectivity index (χ0n) is 11.4. The molecule has 0 radical (unpaired) electrons. The van der Waals surface area contributed by atoms with Gasteiger partial charge in [-0.2, -0.15) is 0 Å². The molecule has 0 fully saturated rings. The lowest BCUT2D eigenvalue weighted by Gasteiger charge is -2.05. The third-order valence-corrected chi connectivity index (χ3v) is 3.23. The van der Waals surface area contributed by atoms with E-state index >= 15 is 0 Å². The first-order valence-corrected chi connectivity index (χ1v) is 7.03. The van der Waals surface area contributed by atoms with E-state index in [-0.39, 0.29) is 0 Å². The van der Waals surface area contributed by atoms with Crippen LogP contribution in [0.5, 0.6) is 0 Å². The number of nitrogens with two attached hydrogens (primary N) is 1. The molecule has 0 unspecified atom stereocenters. The Balaban J connectivity index is 1.99. The first-order valence-electron chi connectivity index (χ1n) is 7.03. The quantitative estimate of drug-likeness (QED) is 0.506. The van der Waals surface area contributed by atoms with Crippen LogP contribution >= 0.6 is 0 Å². The van der Waals surface area contributed by atoms with Gasteiger partial charge in [-0.25, -0.2) is 0 Å². The lowest BCUT2D eigenvalue weighted by molar-refractivity contribution is 0.515. The van der Waals surface area contributed by atoms with Gasteiger partial charge in [-0.1, -0.05) is 58.1 Å². The molecule has 0 heterocycles. The molecule has 0 aliphatic carbocycles. The van der Waals surface area contributed by atoms with E-state index in [2.05, 4.69) is 26.0 Å². The molecule has 1 aromatic rings. The normalized spacial score (nSPS) is 11.0. The van der Waals surface area contributed by atoms with Gasteiger partial charge in [0.1, 0.15) is 0 Å². The topological polar surface area (TPSA) is 26.0 Å². The maximum absolute atomic E-state index is 5.66. The Morgan fingerprint density at radius 1 is 0.882 bits per heavy atom. The summed E-state index contributed by atoms with van der Waals surface area (Å²) in [5.41, 5.74) is 7.94. The lowest BCUT2D eigenvalue weighted by atomic mass is 10.0. The smallest absolute Gasteiger partial charge is 0.0314 e. The molecule has 1 heteroatoms. The molecular formula is C16H27N. The second-order valence-electron chi connectivity index (χ2n) is 5.44. The van der Waals surface area contributed by atoms with E-state index in [1.54, 1.807) is 0 Å². The fraction of sp³-hybridized carbons (Fsp3) is 0.625. The Bertz CT molecular complexity index is 287. The molecule has 0 aromatic heterocycles. The Labute approximate surface area is 106 Å². The predicted molar refractivity (Wildman–Crippen MR) is 77.1 cm³/mol. The van der Waals surface area contributed by atoms with Crippen molar-refractivity contribution < 1.29 is 0 Å². The number of hydrogen-bond acceptors (Lipinski definition) is 1. The molecule has 1 rings (SSSR count). The summed E-state index contributed by atoms with van der Waals surface area (Å²) in [6, 6.07) is 8.29. The number of benzene rings is 1. The lowest BCUT2D eigenvalue weighted by Crippen LogP contribution is -1.89. The zero-order chi connectivity index (χ0) is 12.5. The molecule has 0 amide bonds. The minimum atomic E-state index is 0.863. The third-order valence-electron chi connectivity index (χ3n) is 3.23. The van der Waals surface area contributed by atoms with Gasteiger partial charge in [0.05, 0.1) is 0 Å². The molecule has 2 N–H and O–H groups in total. The molecule has 0 saturated heterocycles. The fourth-order valence-electron chi connectivity index (χ4n) is 2.10. The third kappa shape index (κ3) is 7.04. The Morgan fingerprint density at radius 2 is 1.47 bits per heavy atom. The molecule has 0 aliphatic heterocycles. The largest absolute Gasteiger partial charge is 0.399 e. The zero-order valence-corrected chi connectivity index (χ0v) is 11.4. The maximum atomic E-state index is 5.66. The maximum Gasteiger partial charge on any atom is 0.0314 e. The van der Waals surface area contributed by atoms with Crippen molar-refractivity contribution in [3.05, 3.63) is 29.8 Å². The number of anilines is 1. The van der Waals surface area contributed by atoms with Crippen LogP contribution in [0.2, 0.25) is 0 Å². The number of hydrogen-bond donors (Lipinski definition) is 1. The van der Waals surface area contributed by atoms with Crippen molar-refractivity contribution in [3.63, 3.8) is 0 Å². The van der Waals surface area contributed by atoms with Gasteiger partial charge in [-0.15, -0.1) is 0 Å². The standard InChI is InChI=1S/C16H27N/c1-14(2)8-6-4-3-5-7-9-15-10-12-16(17)13-11-15/h10-14H,3-9,17H2,1-2H3. The Morgan fingerprint density at radius 3 is 2.12 bits per heavy atom. The number of nitrogen functional groups attached to an aromatic ring is 1. The van der Waals surface area contributed by atoms with E-state index < -0.39 is 0 Å². The van der Waals surface area contributed by atoms with Crippen LogP contribution in [-0.2, 0) is 6.42 Å². The average Bonchev–Trinajstić information content (AvgIpc) is 2.30. The molecule has 0 aliphatic rings. The summed E-state index contributed by atoms with van der Waals surface area (Å²) in [5, 5.41) is 0. The minimum Gasteiger partial charge on any atom is -0.399 e. The van der Waals surface area contributed by atoms with Gasteiger partial charge >= 0.3 is 0 Å². The average molecular weight is 233 g/mol. The van der Waals surface area contributed by atoms with E-state index in [9.17, 15) is 0 Å². The summed E-state index contributed by atoms with van der Waals surface area (Å²) in [6.07, 6.45) is 9.46. The van der Waals surface area contributed by atoms with E-state index in [1.165, 1.54) is 50.5 Å². The second-order valence-corrected chi connectivity index (χ2v) is 5.44. The van der Waals surface area contributed by atoms with Gasteiger partial charge < -0.3 is 5.73 Å². The van der Waals surface area contributed by atoms with Gasteiger partial charge in [-0.05, 0) is 36.5 Å². The Kier molecular flexibility index (Phi) is 6.76. The van der Waals surface area contributed by atoms with Crippen LogP contribution in [0.25, 0.3) is 0 Å². The van der Waals surface area contributed by atoms with E-state index in [0.29, 0.717) is 0 Å².